The number of unbranched alkanes of at least 4 members (excludes halogenated alkanes) is 2. The van der Waals surface area contributed by atoms with Crippen molar-refractivity contribution in [2.45, 2.75) is 32.1 Å². The second-order valence-corrected chi connectivity index (χ2v) is 4.06. The van der Waals surface area contributed by atoms with Crippen LogP contribution < -0.4 is 11.1 Å². The van der Waals surface area contributed by atoms with E-state index in [1.807, 2.05) is 18.3 Å². The Hall–Kier alpha value is -1.42. The maximum Gasteiger partial charge on any atom is 0.220 e. The molecule has 0 saturated carbocycles. The lowest BCUT2D eigenvalue weighted by atomic mass is 10.2. The van der Waals surface area contributed by atoms with Crippen LogP contribution in [0.5, 0.6) is 0 Å². The summed E-state index contributed by atoms with van der Waals surface area (Å²) in [7, 11) is 0. The zero-order valence-corrected chi connectivity index (χ0v) is 10.2. The molecule has 0 saturated heterocycles. The van der Waals surface area contributed by atoms with E-state index in [-0.39, 0.29) is 5.91 Å². The summed E-state index contributed by atoms with van der Waals surface area (Å²) in [5, 5.41) is 2.91. The Bertz CT molecular complexity index is 314. The van der Waals surface area contributed by atoms with Crippen molar-refractivity contribution >= 4 is 5.91 Å². The number of pyridine rings is 1. The molecule has 0 atom stereocenters. The normalized spacial score (nSPS) is 10.2. The minimum Gasteiger partial charge on any atom is -0.356 e. The van der Waals surface area contributed by atoms with Crippen molar-refractivity contribution in [1.29, 1.82) is 0 Å². The lowest BCUT2D eigenvalue weighted by Gasteiger charge is -2.04. The second-order valence-electron chi connectivity index (χ2n) is 4.06. The summed E-state index contributed by atoms with van der Waals surface area (Å²) >= 11 is 0. The van der Waals surface area contributed by atoms with Crippen molar-refractivity contribution in [3.63, 3.8) is 0 Å². The molecule has 0 fully saturated rings. The van der Waals surface area contributed by atoms with E-state index in [0.717, 1.165) is 31.2 Å². The molecule has 94 valence electrons. The molecule has 4 nitrogen and oxygen atoms in total. The molecule has 1 heterocycles. The molecule has 0 unspecified atom stereocenters. The standard InChI is InChI=1S/C13H21N3O/c14-8-3-1-2-6-13(17)16-10-7-12-5-4-9-15-11-12/h4-5,9,11H,1-3,6-8,10,14H2,(H,16,17). The van der Waals surface area contributed by atoms with Crippen LogP contribution in [0.2, 0.25) is 0 Å². The van der Waals surface area contributed by atoms with Crippen LogP contribution in [-0.2, 0) is 11.2 Å². The van der Waals surface area contributed by atoms with E-state index in [2.05, 4.69) is 10.3 Å². The fourth-order valence-corrected chi connectivity index (χ4v) is 1.59. The Morgan fingerprint density at radius 2 is 2.24 bits per heavy atom. The van der Waals surface area contributed by atoms with Gasteiger partial charge in [-0.15, -0.1) is 0 Å². The van der Waals surface area contributed by atoms with Crippen molar-refractivity contribution < 1.29 is 4.79 Å². The third kappa shape index (κ3) is 6.68. The SMILES string of the molecule is NCCCCCC(=O)NCCc1cccnc1. The summed E-state index contributed by atoms with van der Waals surface area (Å²) < 4.78 is 0. The van der Waals surface area contributed by atoms with Gasteiger partial charge in [-0.05, 0) is 37.4 Å². The third-order valence-electron chi connectivity index (χ3n) is 2.57. The number of rotatable bonds is 8. The van der Waals surface area contributed by atoms with Gasteiger partial charge in [0.15, 0.2) is 0 Å². The number of nitrogens with two attached hydrogens (primary N) is 1. The Balaban J connectivity index is 2.04. The molecule has 4 heteroatoms. The fourth-order valence-electron chi connectivity index (χ4n) is 1.59. The topological polar surface area (TPSA) is 68.0 Å². The lowest BCUT2D eigenvalue weighted by molar-refractivity contribution is -0.121. The van der Waals surface area contributed by atoms with E-state index in [0.29, 0.717) is 19.5 Å². The molecule has 0 radical (unpaired) electrons. The van der Waals surface area contributed by atoms with Crippen LogP contribution in [0.15, 0.2) is 24.5 Å². The third-order valence-corrected chi connectivity index (χ3v) is 2.57. The van der Waals surface area contributed by atoms with E-state index >= 15 is 0 Å². The summed E-state index contributed by atoms with van der Waals surface area (Å²) in [6, 6.07) is 3.92. The molecule has 0 spiro atoms. The smallest absolute Gasteiger partial charge is 0.220 e. The van der Waals surface area contributed by atoms with E-state index in [9.17, 15) is 4.79 Å². The molecule has 0 bridgehead atoms. The van der Waals surface area contributed by atoms with E-state index in [1.54, 1.807) is 6.20 Å². The quantitative estimate of drug-likeness (QED) is 0.666. The van der Waals surface area contributed by atoms with Crippen LogP contribution in [-0.4, -0.2) is 24.0 Å². The van der Waals surface area contributed by atoms with Gasteiger partial charge in [-0.3, -0.25) is 9.78 Å². The van der Waals surface area contributed by atoms with Crippen LogP contribution in [0.25, 0.3) is 0 Å². The van der Waals surface area contributed by atoms with Gasteiger partial charge in [-0.25, -0.2) is 0 Å². The van der Waals surface area contributed by atoms with Gasteiger partial charge >= 0.3 is 0 Å². The minimum atomic E-state index is 0.130. The van der Waals surface area contributed by atoms with Gasteiger partial charge in [0.05, 0.1) is 0 Å². The number of hydrogen-bond acceptors (Lipinski definition) is 3. The minimum absolute atomic E-state index is 0.130. The molecule has 1 rings (SSSR count). The predicted octanol–water partition coefficient (Wildman–Crippen LogP) is 1.26. The van der Waals surface area contributed by atoms with Crippen molar-refractivity contribution in [2.24, 2.45) is 5.73 Å². The van der Waals surface area contributed by atoms with E-state index in [1.165, 1.54) is 0 Å². The average Bonchev–Trinajstić information content (AvgIpc) is 2.36. The monoisotopic (exact) mass is 235 g/mol. The first kappa shape index (κ1) is 13.6. The maximum atomic E-state index is 11.4. The largest absolute Gasteiger partial charge is 0.356 e. The van der Waals surface area contributed by atoms with Gasteiger partial charge in [-0.2, -0.15) is 0 Å². The second kappa shape index (κ2) is 8.70. The highest BCUT2D eigenvalue weighted by Crippen LogP contribution is 1.99. The molecule has 0 aliphatic rings. The van der Waals surface area contributed by atoms with Crippen LogP contribution in [0.3, 0.4) is 0 Å². The molecule has 0 aromatic carbocycles. The Labute approximate surface area is 103 Å². The maximum absolute atomic E-state index is 11.4. The van der Waals surface area contributed by atoms with Crippen molar-refractivity contribution in [2.75, 3.05) is 13.1 Å². The lowest BCUT2D eigenvalue weighted by Crippen LogP contribution is -2.25. The Kier molecular flexibility index (Phi) is 6.98. The molecule has 3 N–H and O–H groups in total. The fraction of sp³-hybridized carbons (Fsp3) is 0.538. The first-order valence-electron chi connectivity index (χ1n) is 6.18. The van der Waals surface area contributed by atoms with Crippen molar-refractivity contribution in [1.82, 2.24) is 10.3 Å². The number of nitrogens with zero attached hydrogens (tertiary/aromatic N) is 1. The number of carbonyl (C=O) groups excluding carboxylic acids is 1. The van der Waals surface area contributed by atoms with Gasteiger partial charge in [-0.1, -0.05) is 12.5 Å². The van der Waals surface area contributed by atoms with Crippen molar-refractivity contribution in [3.8, 4) is 0 Å². The molecule has 0 aliphatic heterocycles. The van der Waals surface area contributed by atoms with E-state index < -0.39 is 0 Å². The molecular formula is C13H21N3O. The molecule has 1 aromatic rings. The first-order chi connectivity index (χ1) is 8.33. The van der Waals surface area contributed by atoms with Crippen molar-refractivity contribution in [3.05, 3.63) is 30.1 Å². The number of hydrogen-bond donors (Lipinski definition) is 2. The summed E-state index contributed by atoms with van der Waals surface area (Å²) in [4.78, 5) is 15.5. The highest BCUT2D eigenvalue weighted by molar-refractivity contribution is 5.75. The zero-order chi connectivity index (χ0) is 12.3. The molecule has 17 heavy (non-hydrogen) atoms. The Morgan fingerprint density at radius 3 is 2.94 bits per heavy atom. The number of amides is 1. The summed E-state index contributed by atoms with van der Waals surface area (Å²) in [6.45, 7) is 1.39. The van der Waals surface area contributed by atoms with Gasteiger partial charge in [0.25, 0.3) is 0 Å². The van der Waals surface area contributed by atoms with E-state index in [4.69, 9.17) is 5.73 Å². The van der Waals surface area contributed by atoms with Crippen LogP contribution in [0, 0.1) is 0 Å². The summed E-state index contributed by atoms with van der Waals surface area (Å²) in [6.07, 6.45) is 7.98. The van der Waals surface area contributed by atoms with Crippen LogP contribution >= 0.6 is 0 Å². The molecular weight excluding hydrogens is 214 g/mol. The Morgan fingerprint density at radius 1 is 1.35 bits per heavy atom. The summed E-state index contributed by atoms with van der Waals surface area (Å²) in [5.74, 6) is 0.130. The van der Waals surface area contributed by atoms with Gasteiger partial charge in [0.2, 0.25) is 5.91 Å². The highest BCUT2D eigenvalue weighted by atomic mass is 16.1. The molecule has 1 amide bonds. The molecule has 0 aliphatic carbocycles. The van der Waals surface area contributed by atoms with Gasteiger partial charge in [0.1, 0.15) is 0 Å². The van der Waals surface area contributed by atoms with Gasteiger partial charge in [0, 0.05) is 25.4 Å². The average molecular weight is 235 g/mol. The number of aromatic nitrogens is 1. The molecule has 1 aromatic heterocycles. The predicted molar refractivity (Wildman–Crippen MR) is 68.5 cm³/mol. The first-order valence-corrected chi connectivity index (χ1v) is 6.18. The number of nitrogens with one attached hydrogen (secondary N) is 1. The summed E-state index contributed by atoms with van der Waals surface area (Å²) in [5.41, 5.74) is 6.53. The highest BCUT2D eigenvalue weighted by Gasteiger charge is 2.00. The van der Waals surface area contributed by atoms with Crippen LogP contribution in [0.1, 0.15) is 31.2 Å². The van der Waals surface area contributed by atoms with Crippen LogP contribution in [0.4, 0.5) is 0 Å². The number of carbonyl (C=O) groups is 1. The van der Waals surface area contributed by atoms with Gasteiger partial charge < -0.3 is 11.1 Å². The zero-order valence-electron chi connectivity index (χ0n) is 10.2.